The first-order valence-corrected chi connectivity index (χ1v) is 11.6. The number of nitrogens with one attached hydrogen (secondary N) is 2. The van der Waals surface area contributed by atoms with E-state index in [-0.39, 0.29) is 0 Å². The molecule has 1 unspecified atom stereocenters. The lowest BCUT2D eigenvalue weighted by molar-refractivity contribution is -0.124. The van der Waals surface area contributed by atoms with E-state index < -0.39 is 5.91 Å². The number of benzene rings is 2. The lowest BCUT2D eigenvalue weighted by Crippen LogP contribution is -2.25. The van der Waals surface area contributed by atoms with Crippen LogP contribution in [-0.2, 0) is 11.2 Å². The van der Waals surface area contributed by atoms with Gasteiger partial charge in [0.1, 0.15) is 0 Å². The van der Waals surface area contributed by atoms with Crippen LogP contribution < -0.4 is 5.48 Å². The molecule has 34 heavy (non-hydrogen) atoms. The number of aromatic amines is 1. The summed E-state index contributed by atoms with van der Waals surface area (Å²) in [5.41, 5.74) is 8.07. The molecule has 7 nitrogen and oxygen atoms in total. The maximum absolute atomic E-state index is 11.2. The molecule has 1 aliphatic heterocycles. The fraction of sp³-hybridized carbons (Fsp3) is 0.259. The van der Waals surface area contributed by atoms with Crippen molar-refractivity contribution in [2.75, 3.05) is 13.1 Å². The second-order valence-electron chi connectivity index (χ2n) is 8.78. The number of rotatable bonds is 7. The fourth-order valence-electron chi connectivity index (χ4n) is 4.92. The number of carbonyl (C=O) groups is 1. The van der Waals surface area contributed by atoms with Gasteiger partial charge in [-0.1, -0.05) is 47.6 Å². The van der Waals surface area contributed by atoms with Crippen molar-refractivity contribution in [2.45, 2.75) is 32.2 Å². The Morgan fingerprint density at radius 2 is 2.09 bits per heavy atom. The van der Waals surface area contributed by atoms with Gasteiger partial charge in [-0.3, -0.25) is 14.9 Å². The van der Waals surface area contributed by atoms with Gasteiger partial charge in [0, 0.05) is 35.6 Å². The smallest absolute Gasteiger partial charge is 0.267 e. The molecule has 0 saturated carbocycles. The van der Waals surface area contributed by atoms with Gasteiger partial charge in [0.05, 0.1) is 11.4 Å². The molecular weight excluding hydrogens is 428 g/mol. The third-order valence-electron chi connectivity index (χ3n) is 6.56. The molecule has 1 atom stereocenters. The van der Waals surface area contributed by atoms with Crippen LogP contribution in [0, 0.1) is 6.92 Å². The molecule has 174 valence electrons. The quantitative estimate of drug-likeness (QED) is 0.206. The van der Waals surface area contributed by atoms with E-state index in [1.807, 2.05) is 31.2 Å². The predicted molar refractivity (Wildman–Crippen MR) is 131 cm³/mol. The zero-order valence-electron chi connectivity index (χ0n) is 19.1. The molecule has 5 rings (SSSR count). The van der Waals surface area contributed by atoms with Gasteiger partial charge in [-0.15, -0.1) is 0 Å². The lowest BCUT2D eigenvalue weighted by Gasteiger charge is -2.25. The molecule has 2 aromatic heterocycles. The van der Waals surface area contributed by atoms with Crippen LogP contribution >= 0.6 is 0 Å². The third-order valence-corrected chi connectivity index (χ3v) is 6.56. The Bertz CT molecular complexity index is 1320. The summed E-state index contributed by atoms with van der Waals surface area (Å²) >= 11 is 0. The minimum absolute atomic E-state index is 0.375. The number of likely N-dealkylation sites (tertiary alicyclic amines) is 1. The zero-order valence-corrected chi connectivity index (χ0v) is 19.1. The van der Waals surface area contributed by atoms with E-state index in [1.165, 1.54) is 29.0 Å². The molecule has 1 aliphatic rings. The van der Waals surface area contributed by atoms with Crippen LogP contribution in [0.15, 0.2) is 65.2 Å². The first kappa shape index (κ1) is 22.1. The van der Waals surface area contributed by atoms with Crippen molar-refractivity contribution >= 4 is 22.9 Å². The number of aryl methyl sites for hydroxylation is 1. The first-order chi connectivity index (χ1) is 16.6. The first-order valence-electron chi connectivity index (χ1n) is 11.6. The Kier molecular flexibility index (Phi) is 6.29. The highest BCUT2D eigenvalue weighted by molar-refractivity contribution is 5.91. The summed E-state index contributed by atoms with van der Waals surface area (Å²) in [4.78, 5) is 17.3. The Morgan fingerprint density at radius 1 is 1.26 bits per heavy atom. The number of hydroxylamine groups is 1. The molecule has 7 heteroatoms. The fourth-order valence-corrected chi connectivity index (χ4v) is 4.92. The minimum atomic E-state index is -0.539. The summed E-state index contributed by atoms with van der Waals surface area (Å²) in [5, 5.41) is 13.9. The van der Waals surface area contributed by atoms with Gasteiger partial charge in [0.25, 0.3) is 5.91 Å². The SMILES string of the molecule is Cc1cc(-c2[nH]c3ccccc3c2CCN2CCCC2c2ccc(/C=C/C(=O)NO)cc2)on1. The summed E-state index contributed by atoms with van der Waals surface area (Å²) in [5.74, 6) is 0.239. The Balaban J connectivity index is 1.34. The molecule has 0 aliphatic carbocycles. The maximum Gasteiger partial charge on any atom is 0.267 e. The number of H-pyrrole nitrogens is 1. The summed E-state index contributed by atoms with van der Waals surface area (Å²) < 4.78 is 5.60. The Labute approximate surface area is 198 Å². The molecule has 3 heterocycles. The van der Waals surface area contributed by atoms with Crippen molar-refractivity contribution in [3.8, 4) is 11.5 Å². The normalized spacial score (nSPS) is 16.6. The Hall–Kier alpha value is -3.68. The number of hydrogen-bond acceptors (Lipinski definition) is 5. The predicted octanol–water partition coefficient (Wildman–Crippen LogP) is 5.03. The number of hydrogen-bond donors (Lipinski definition) is 3. The van der Waals surface area contributed by atoms with Gasteiger partial charge in [-0.05, 0) is 61.6 Å². The summed E-state index contributed by atoms with van der Waals surface area (Å²) in [6, 6.07) is 19.0. The van der Waals surface area contributed by atoms with E-state index in [0.29, 0.717) is 6.04 Å². The highest BCUT2D eigenvalue weighted by Crippen LogP contribution is 2.35. The van der Waals surface area contributed by atoms with Crippen LogP contribution in [0.5, 0.6) is 0 Å². The highest BCUT2D eigenvalue weighted by Gasteiger charge is 2.26. The molecule has 1 fully saturated rings. The van der Waals surface area contributed by atoms with Gasteiger partial charge in [-0.2, -0.15) is 0 Å². The molecule has 1 amide bonds. The second-order valence-corrected chi connectivity index (χ2v) is 8.78. The third kappa shape index (κ3) is 4.53. The second kappa shape index (κ2) is 9.67. The number of amides is 1. The molecule has 4 aromatic rings. The van der Waals surface area contributed by atoms with E-state index in [9.17, 15) is 4.79 Å². The lowest BCUT2D eigenvalue weighted by atomic mass is 10.0. The van der Waals surface area contributed by atoms with E-state index >= 15 is 0 Å². The summed E-state index contributed by atoms with van der Waals surface area (Å²) in [7, 11) is 0. The van der Waals surface area contributed by atoms with Gasteiger partial charge in [0.15, 0.2) is 5.76 Å². The van der Waals surface area contributed by atoms with Crippen molar-refractivity contribution in [3.63, 3.8) is 0 Å². The average molecular weight is 457 g/mol. The molecule has 0 bridgehead atoms. The van der Waals surface area contributed by atoms with E-state index in [4.69, 9.17) is 9.73 Å². The largest absolute Gasteiger partial charge is 0.354 e. The molecule has 0 spiro atoms. The molecule has 1 saturated heterocycles. The minimum Gasteiger partial charge on any atom is -0.354 e. The van der Waals surface area contributed by atoms with Crippen molar-refractivity contribution in [1.82, 2.24) is 20.5 Å². The van der Waals surface area contributed by atoms with Crippen molar-refractivity contribution in [1.29, 1.82) is 0 Å². The molecular formula is C27H28N4O3. The van der Waals surface area contributed by atoms with E-state index in [2.05, 4.69) is 45.4 Å². The number of para-hydroxylation sites is 1. The highest BCUT2D eigenvalue weighted by atomic mass is 16.5. The van der Waals surface area contributed by atoms with Crippen molar-refractivity contribution in [2.24, 2.45) is 0 Å². The van der Waals surface area contributed by atoms with Crippen LogP contribution in [0.1, 0.15) is 41.3 Å². The number of carbonyl (C=O) groups excluding carboxylic acids is 1. The number of aromatic nitrogens is 2. The van der Waals surface area contributed by atoms with Crippen molar-refractivity contribution < 1.29 is 14.5 Å². The maximum atomic E-state index is 11.2. The van der Waals surface area contributed by atoms with Gasteiger partial charge in [0.2, 0.25) is 0 Å². The van der Waals surface area contributed by atoms with Crippen LogP contribution in [0.25, 0.3) is 28.4 Å². The zero-order chi connectivity index (χ0) is 23.5. The monoisotopic (exact) mass is 456 g/mol. The summed E-state index contributed by atoms with van der Waals surface area (Å²) in [6.07, 6.45) is 6.21. The van der Waals surface area contributed by atoms with Gasteiger partial charge >= 0.3 is 0 Å². The average Bonchev–Trinajstić information content (AvgIpc) is 3.59. The molecule has 0 radical (unpaired) electrons. The Morgan fingerprint density at radius 3 is 2.85 bits per heavy atom. The van der Waals surface area contributed by atoms with Crippen LogP contribution in [0.2, 0.25) is 0 Å². The van der Waals surface area contributed by atoms with Gasteiger partial charge in [-0.25, -0.2) is 5.48 Å². The van der Waals surface area contributed by atoms with E-state index in [1.54, 1.807) is 11.6 Å². The number of fused-ring (bicyclic) bond motifs is 1. The topological polar surface area (TPSA) is 94.4 Å². The van der Waals surface area contributed by atoms with Crippen LogP contribution in [-0.4, -0.2) is 39.2 Å². The standard InChI is InChI=1S/C27H28N4O3/c1-18-17-25(34-30-18)27-22(21-5-2-3-6-23(21)28-27)14-16-31-15-4-7-24(31)20-11-8-19(9-12-20)10-13-26(32)29-33/h2-3,5-6,8-13,17,24,28,33H,4,7,14-16H2,1H3,(H,29,32)/b13-10+. The van der Waals surface area contributed by atoms with Crippen LogP contribution in [0.3, 0.4) is 0 Å². The van der Waals surface area contributed by atoms with Crippen LogP contribution in [0.4, 0.5) is 0 Å². The van der Waals surface area contributed by atoms with E-state index in [0.717, 1.165) is 54.2 Å². The molecule has 2 aromatic carbocycles. The molecule has 3 N–H and O–H groups in total. The van der Waals surface area contributed by atoms with Crippen molar-refractivity contribution in [3.05, 3.63) is 83.1 Å². The van der Waals surface area contributed by atoms with Gasteiger partial charge < -0.3 is 9.51 Å². The number of nitrogens with zero attached hydrogens (tertiary/aromatic N) is 2. The summed E-state index contributed by atoms with van der Waals surface area (Å²) in [6.45, 7) is 3.96.